The Kier molecular flexibility index (Phi) is 5.42. The van der Waals surface area contributed by atoms with Crippen molar-refractivity contribution in [3.8, 4) is 0 Å². The second kappa shape index (κ2) is 6.88. The molecule has 2 nitrogen and oxygen atoms in total. The number of hydrogen-bond donors (Lipinski definition) is 2. The quantitative estimate of drug-likeness (QED) is 0.869. The largest absolute Gasteiger partial charge is 0.390 e. The van der Waals surface area contributed by atoms with Crippen LogP contribution >= 0.6 is 11.6 Å². The number of halogens is 2. The van der Waals surface area contributed by atoms with E-state index in [0.717, 1.165) is 38.6 Å². The molecule has 0 spiro atoms. The fourth-order valence-electron chi connectivity index (χ4n) is 2.90. The number of benzene rings is 1. The van der Waals surface area contributed by atoms with E-state index in [4.69, 9.17) is 11.6 Å². The maximum absolute atomic E-state index is 13.8. The number of rotatable bonds is 5. The molecule has 2 N–H and O–H groups in total. The molecule has 1 aliphatic carbocycles. The van der Waals surface area contributed by atoms with Crippen molar-refractivity contribution >= 4 is 11.6 Å². The lowest BCUT2D eigenvalue weighted by atomic mass is 9.78. The van der Waals surface area contributed by atoms with Gasteiger partial charge in [0.2, 0.25) is 0 Å². The van der Waals surface area contributed by atoms with Gasteiger partial charge in [-0.25, -0.2) is 4.39 Å². The maximum atomic E-state index is 13.8. The minimum Gasteiger partial charge on any atom is -0.390 e. The van der Waals surface area contributed by atoms with Crippen LogP contribution in [-0.2, 0) is 6.42 Å². The van der Waals surface area contributed by atoms with Crippen LogP contribution in [0.15, 0.2) is 18.2 Å². The maximum Gasteiger partial charge on any atom is 0.127 e. The van der Waals surface area contributed by atoms with E-state index in [1.165, 1.54) is 6.07 Å². The first-order valence-corrected chi connectivity index (χ1v) is 7.80. The minimum absolute atomic E-state index is 0.322. The van der Waals surface area contributed by atoms with Gasteiger partial charge in [-0.1, -0.05) is 24.6 Å². The van der Waals surface area contributed by atoms with Gasteiger partial charge in [0, 0.05) is 17.5 Å². The van der Waals surface area contributed by atoms with E-state index in [-0.39, 0.29) is 5.82 Å². The van der Waals surface area contributed by atoms with Crippen LogP contribution in [0.4, 0.5) is 4.39 Å². The van der Waals surface area contributed by atoms with Crippen LogP contribution in [0.1, 0.15) is 44.6 Å². The Morgan fingerprint density at radius 1 is 1.40 bits per heavy atom. The summed E-state index contributed by atoms with van der Waals surface area (Å²) in [5, 5.41) is 14.5. The predicted octanol–water partition coefficient (Wildman–Crippen LogP) is 3.69. The normalized spacial score (nSPS) is 26.7. The number of nitrogens with one attached hydrogen (secondary N) is 1. The molecular weight excluding hydrogens is 277 g/mol. The highest BCUT2D eigenvalue weighted by Crippen LogP contribution is 2.32. The Morgan fingerprint density at radius 3 is 2.70 bits per heavy atom. The standard InChI is InChI=1S/C16H23ClFNO/c1-2-9-19-14-5-7-16(20,8-6-14)11-12-3-4-13(17)10-15(12)18/h3-4,10,14,19-20H,2,5-9,11H2,1H3. The van der Waals surface area contributed by atoms with E-state index >= 15 is 0 Å². The van der Waals surface area contributed by atoms with Gasteiger partial charge in [-0.05, 0) is 56.3 Å². The molecule has 1 aromatic carbocycles. The zero-order valence-electron chi connectivity index (χ0n) is 12.0. The van der Waals surface area contributed by atoms with Crippen molar-refractivity contribution in [1.29, 1.82) is 0 Å². The third kappa shape index (κ3) is 4.18. The Morgan fingerprint density at radius 2 is 2.10 bits per heavy atom. The van der Waals surface area contributed by atoms with Crippen molar-refractivity contribution in [3.05, 3.63) is 34.6 Å². The Bertz CT molecular complexity index is 444. The summed E-state index contributed by atoms with van der Waals surface area (Å²) in [5.74, 6) is -0.322. The Balaban J connectivity index is 1.93. The van der Waals surface area contributed by atoms with Crippen LogP contribution < -0.4 is 5.32 Å². The van der Waals surface area contributed by atoms with Crippen molar-refractivity contribution < 1.29 is 9.50 Å². The molecule has 4 heteroatoms. The van der Waals surface area contributed by atoms with Crippen LogP contribution in [0.3, 0.4) is 0 Å². The molecular formula is C16H23ClFNO. The first-order chi connectivity index (χ1) is 9.52. The molecule has 1 aliphatic rings. The number of aliphatic hydroxyl groups is 1. The molecule has 0 heterocycles. The molecule has 1 saturated carbocycles. The van der Waals surface area contributed by atoms with Crippen LogP contribution in [0, 0.1) is 5.82 Å². The first kappa shape index (κ1) is 15.7. The average Bonchev–Trinajstić information content (AvgIpc) is 2.42. The summed E-state index contributed by atoms with van der Waals surface area (Å²) in [6.07, 6.45) is 4.83. The smallest absolute Gasteiger partial charge is 0.127 e. The van der Waals surface area contributed by atoms with Crippen molar-refractivity contribution in [1.82, 2.24) is 5.32 Å². The molecule has 1 aromatic rings. The first-order valence-electron chi connectivity index (χ1n) is 7.42. The van der Waals surface area contributed by atoms with E-state index in [1.54, 1.807) is 12.1 Å². The highest BCUT2D eigenvalue weighted by atomic mass is 35.5. The molecule has 0 bridgehead atoms. The summed E-state index contributed by atoms with van der Waals surface area (Å²) in [4.78, 5) is 0. The second-order valence-corrected chi connectivity index (χ2v) is 6.30. The molecule has 0 amide bonds. The Labute approximate surface area is 125 Å². The molecule has 2 rings (SSSR count). The third-order valence-corrected chi connectivity index (χ3v) is 4.37. The van der Waals surface area contributed by atoms with Gasteiger partial charge in [0.1, 0.15) is 5.82 Å². The van der Waals surface area contributed by atoms with E-state index in [2.05, 4.69) is 12.2 Å². The molecule has 0 aliphatic heterocycles. The van der Waals surface area contributed by atoms with Gasteiger partial charge in [0.25, 0.3) is 0 Å². The van der Waals surface area contributed by atoms with Gasteiger partial charge in [0.05, 0.1) is 5.60 Å². The highest BCUT2D eigenvalue weighted by Gasteiger charge is 2.33. The zero-order valence-corrected chi connectivity index (χ0v) is 12.7. The monoisotopic (exact) mass is 299 g/mol. The zero-order chi connectivity index (χ0) is 14.6. The molecule has 0 atom stereocenters. The summed E-state index contributed by atoms with van der Waals surface area (Å²) in [6.45, 7) is 3.17. The topological polar surface area (TPSA) is 32.3 Å². The minimum atomic E-state index is -0.779. The SMILES string of the molecule is CCCNC1CCC(O)(Cc2ccc(Cl)cc2F)CC1. The van der Waals surface area contributed by atoms with Crippen molar-refractivity contribution in [2.75, 3.05) is 6.54 Å². The molecule has 0 radical (unpaired) electrons. The molecule has 0 unspecified atom stereocenters. The van der Waals surface area contributed by atoms with Gasteiger partial charge in [0.15, 0.2) is 0 Å². The van der Waals surface area contributed by atoms with Gasteiger partial charge in [-0.2, -0.15) is 0 Å². The van der Waals surface area contributed by atoms with Crippen LogP contribution in [-0.4, -0.2) is 23.3 Å². The van der Waals surface area contributed by atoms with Crippen molar-refractivity contribution in [2.24, 2.45) is 0 Å². The number of hydrogen-bond acceptors (Lipinski definition) is 2. The van der Waals surface area contributed by atoms with E-state index in [9.17, 15) is 9.50 Å². The average molecular weight is 300 g/mol. The van der Waals surface area contributed by atoms with Crippen molar-refractivity contribution in [3.63, 3.8) is 0 Å². The molecule has 0 aromatic heterocycles. The van der Waals surface area contributed by atoms with Gasteiger partial charge < -0.3 is 10.4 Å². The van der Waals surface area contributed by atoms with Crippen molar-refractivity contribution in [2.45, 2.75) is 57.1 Å². The third-order valence-electron chi connectivity index (χ3n) is 4.13. The van der Waals surface area contributed by atoms with Crippen LogP contribution in [0.2, 0.25) is 5.02 Å². The van der Waals surface area contributed by atoms with Gasteiger partial charge in [-0.3, -0.25) is 0 Å². The highest BCUT2D eigenvalue weighted by molar-refractivity contribution is 6.30. The lowest BCUT2D eigenvalue weighted by Gasteiger charge is -2.36. The predicted molar refractivity (Wildman–Crippen MR) is 80.6 cm³/mol. The summed E-state index contributed by atoms with van der Waals surface area (Å²) < 4.78 is 13.8. The summed E-state index contributed by atoms with van der Waals surface area (Å²) in [5.41, 5.74) is -0.226. The Hall–Kier alpha value is -0.640. The summed E-state index contributed by atoms with van der Waals surface area (Å²) in [7, 11) is 0. The molecule has 112 valence electrons. The van der Waals surface area contributed by atoms with Crippen LogP contribution in [0.5, 0.6) is 0 Å². The van der Waals surface area contributed by atoms with E-state index in [1.807, 2.05) is 0 Å². The summed E-state index contributed by atoms with van der Waals surface area (Å²) in [6, 6.07) is 5.16. The fourth-order valence-corrected chi connectivity index (χ4v) is 3.06. The fraction of sp³-hybridized carbons (Fsp3) is 0.625. The lowest BCUT2D eigenvalue weighted by molar-refractivity contribution is -0.00371. The van der Waals surface area contributed by atoms with Gasteiger partial charge in [-0.15, -0.1) is 0 Å². The summed E-state index contributed by atoms with van der Waals surface area (Å²) >= 11 is 5.75. The van der Waals surface area contributed by atoms with E-state index in [0.29, 0.717) is 23.0 Å². The molecule has 0 saturated heterocycles. The molecule has 20 heavy (non-hydrogen) atoms. The van der Waals surface area contributed by atoms with Crippen LogP contribution in [0.25, 0.3) is 0 Å². The van der Waals surface area contributed by atoms with Gasteiger partial charge >= 0.3 is 0 Å². The lowest BCUT2D eigenvalue weighted by Crippen LogP contribution is -2.42. The second-order valence-electron chi connectivity index (χ2n) is 5.87. The van der Waals surface area contributed by atoms with E-state index < -0.39 is 5.60 Å². The molecule has 1 fully saturated rings.